The minimum atomic E-state index is -3.16. The monoisotopic (exact) mass is 295 g/mol. The van der Waals surface area contributed by atoms with E-state index in [1.807, 2.05) is 0 Å². The van der Waals surface area contributed by atoms with Gasteiger partial charge in [-0.1, -0.05) is 36.4 Å². The van der Waals surface area contributed by atoms with Gasteiger partial charge in [0.2, 0.25) is 0 Å². The van der Waals surface area contributed by atoms with Crippen molar-refractivity contribution in [1.82, 2.24) is 0 Å². The van der Waals surface area contributed by atoms with Gasteiger partial charge in [0.25, 0.3) is 0 Å². The molecule has 21 heavy (non-hydrogen) atoms. The Balaban J connectivity index is 2.18. The molecule has 0 radical (unpaired) electrons. The summed E-state index contributed by atoms with van der Waals surface area (Å²) in [6.45, 7) is 0.801. The maximum Gasteiger partial charge on any atom is 0.306 e. The van der Waals surface area contributed by atoms with Crippen molar-refractivity contribution in [2.75, 3.05) is 6.61 Å². The zero-order chi connectivity index (χ0) is 15.5. The zero-order valence-electron chi connectivity index (χ0n) is 11.5. The minimum Gasteiger partial charge on any atom is -0.486 e. The second kappa shape index (κ2) is 6.18. The molecule has 1 atom stereocenters. The first kappa shape index (κ1) is 15.4. The first-order valence-corrected chi connectivity index (χ1v) is 6.51. The number of nitrogens with two attached hydrogens (primary N) is 1. The van der Waals surface area contributed by atoms with Gasteiger partial charge in [-0.3, -0.25) is 0 Å². The van der Waals surface area contributed by atoms with Crippen LogP contribution in [0.2, 0.25) is 0 Å². The Hall–Kier alpha value is -2.01. The third-order valence-electron chi connectivity index (χ3n) is 3.07. The van der Waals surface area contributed by atoms with Gasteiger partial charge in [0.05, 0.1) is 0 Å². The molecule has 5 heteroatoms. The lowest BCUT2D eigenvalue weighted by molar-refractivity contribution is -0.0470. The quantitative estimate of drug-likeness (QED) is 0.904. The standard InChI is InChI=1S/C16H16F3NO/c1-11(20)14-8-7-13(17)9-15(14)21-10-16(18,19)12-5-3-2-4-6-12/h2-9,11H,10,20H2,1H3/t11-/m1/s1. The summed E-state index contributed by atoms with van der Waals surface area (Å²) < 4.78 is 46.4. The van der Waals surface area contributed by atoms with Crippen molar-refractivity contribution in [3.8, 4) is 5.75 Å². The van der Waals surface area contributed by atoms with E-state index in [2.05, 4.69) is 0 Å². The van der Waals surface area contributed by atoms with E-state index in [-0.39, 0.29) is 11.3 Å². The molecule has 0 aliphatic rings. The summed E-state index contributed by atoms with van der Waals surface area (Å²) >= 11 is 0. The second-order valence-electron chi connectivity index (χ2n) is 4.83. The molecule has 2 aromatic carbocycles. The topological polar surface area (TPSA) is 35.2 Å². The van der Waals surface area contributed by atoms with Gasteiger partial charge in [-0.15, -0.1) is 0 Å². The highest BCUT2D eigenvalue weighted by molar-refractivity contribution is 5.36. The minimum absolute atomic E-state index is 0.0422. The number of ether oxygens (including phenoxy) is 1. The molecule has 2 nitrogen and oxygen atoms in total. The Bertz CT molecular complexity index is 600. The highest BCUT2D eigenvalue weighted by atomic mass is 19.3. The van der Waals surface area contributed by atoms with Gasteiger partial charge in [-0.05, 0) is 13.0 Å². The summed E-state index contributed by atoms with van der Waals surface area (Å²) in [4.78, 5) is 0. The lowest BCUT2D eigenvalue weighted by atomic mass is 10.1. The van der Waals surface area contributed by atoms with Crippen molar-refractivity contribution in [1.29, 1.82) is 0 Å². The summed E-state index contributed by atoms with van der Waals surface area (Å²) in [5, 5.41) is 0. The van der Waals surface area contributed by atoms with Crippen molar-refractivity contribution >= 4 is 0 Å². The summed E-state index contributed by atoms with van der Waals surface area (Å²) in [5.41, 5.74) is 6.06. The predicted molar refractivity (Wildman–Crippen MR) is 74.8 cm³/mol. The maximum absolute atomic E-state index is 14.0. The van der Waals surface area contributed by atoms with Gasteiger partial charge < -0.3 is 10.5 Å². The summed E-state index contributed by atoms with van der Waals surface area (Å²) in [6.07, 6.45) is 0. The lowest BCUT2D eigenvalue weighted by Crippen LogP contribution is -2.23. The molecule has 2 rings (SSSR count). The van der Waals surface area contributed by atoms with Gasteiger partial charge in [0, 0.05) is 23.2 Å². The molecule has 0 aliphatic carbocycles. The number of alkyl halides is 2. The van der Waals surface area contributed by atoms with E-state index in [4.69, 9.17) is 10.5 Å². The molecule has 0 amide bonds. The van der Waals surface area contributed by atoms with E-state index in [9.17, 15) is 13.2 Å². The molecule has 0 heterocycles. The van der Waals surface area contributed by atoms with E-state index in [1.54, 1.807) is 13.0 Å². The normalized spacial score (nSPS) is 13.0. The fourth-order valence-electron chi connectivity index (χ4n) is 1.94. The average Bonchev–Trinajstić information content (AvgIpc) is 2.46. The van der Waals surface area contributed by atoms with Crippen LogP contribution in [0.15, 0.2) is 48.5 Å². The Morgan fingerprint density at radius 3 is 2.43 bits per heavy atom. The molecular weight excluding hydrogens is 279 g/mol. The zero-order valence-corrected chi connectivity index (χ0v) is 11.5. The maximum atomic E-state index is 14.0. The van der Waals surface area contributed by atoms with Crippen LogP contribution in [0.4, 0.5) is 13.2 Å². The van der Waals surface area contributed by atoms with Crippen molar-refractivity contribution < 1.29 is 17.9 Å². The van der Waals surface area contributed by atoms with E-state index in [0.717, 1.165) is 6.07 Å². The summed E-state index contributed by atoms with van der Waals surface area (Å²) in [7, 11) is 0. The van der Waals surface area contributed by atoms with E-state index in [1.165, 1.54) is 36.4 Å². The molecule has 0 aromatic heterocycles. The van der Waals surface area contributed by atoms with Crippen molar-refractivity contribution in [3.05, 3.63) is 65.5 Å². The Morgan fingerprint density at radius 2 is 1.81 bits per heavy atom. The van der Waals surface area contributed by atoms with Gasteiger partial charge in [0.1, 0.15) is 11.6 Å². The highest BCUT2D eigenvalue weighted by Crippen LogP contribution is 2.31. The number of benzene rings is 2. The van der Waals surface area contributed by atoms with Gasteiger partial charge in [-0.25, -0.2) is 4.39 Å². The molecule has 112 valence electrons. The van der Waals surface area contributed by atoms with Crippen LogP contribution in [0, 0.1) is 5.82 Å². The predicted octanol–water partition coefficient (Wildman–Crippen LogP) is 4.02. The van der Waals surface area contributed by atoms with Gasteiger partial charge in [0.15, 0.2) is 6.61 Å². The van der Waals surface area contributed by atoms with Gasteiger partial charge >= 0.3 is 5.92 Å². The Kier molecular flexibility index (Phi) is 4.53. The van der Waals surface area contributed by atoms with Crippen molar-refractivity contribution in [2.45, 2.75) is 18.9 Å². The van der Waals surface area contributed by atoms with Crippen LogP contribution in [0.25, 0.3) is 0 Å². The number of hydrogen-bond acceptors (Lipinski definition) is 2. The number of rotatable bonds is 5. The molecule has 0 saturated heterocycles. The number of halogens is 3. The first-order valence-electron chi connectivity index (χ1n) is 6.51. The molecule has 2 N–H and O–H groups in total. The van der Waals surface area contributed by atoms with E-state index < -0.39 is 24.4 Å². The summed E-state index contributed by atoms with van der Waals surface area (Å²) in [6, 6.07) is 10.6. The molecule has 0 unspecified atom stereocenters. The highest BCUT2D eigenvalue weighted by Gasteiger charge is 2.32. The molecule has 2 aromatic rings. The second-order valence-corrected chi connectivity index (χ2v) is 4.83. The van der Waals surface area contributed by atoms with Crippen LogP contribution < -0.4 is 10.5 Å². The lowest BCUT2D eigenvalue weighted by Gasteiger charge is -2.20. The van der Waals surface area contributed by atoms with Crippen LogP contribution in [0.3, 0.4) is 0 Å². The number of hydrogen-bond donors (Lipinski definition) is 1. The first-order chi connectivity index (χ1) is 9.90. The van der Waals surface area contributed by atoms with Gasteiger partial charge in [-0.2, -0.15) is 8.78 Å². The molecule has 0 aliphatic heterocycles. The van der Waals surface area contributed by atoms with Crippen molar-refractivity contribution in [2.24, 2.45) is 5.73 Å². The average molecular weight is 295 g/mol. The van der Waals surface area contributed by atoms with Crippen LogP contribution >= 0.6 is 0 Å². The van der Waals surface area contributed by atoms with Crippen LogP contribution in [0.1, 0.15) is 24.1 Å². The SMILES string of the molecule is C[C@@H](N)c1ccc(F)cc1OCC(F)(F)c1ccccc1. The van der Waals surface area contributed by atoms with E-state index >= 15 is 0 Å². The third-order valence-corrected chi connectivity index (χ3v) is 3.07. The smallest absolute Gasteiger partial charge is 0.306 e. The molecule has 0 fully saturated rings. The van der Waals surface area contributed by atoms with Crippen LogP contribution in [0.5, 0.6) is 5.75 Å². The third kappa shape index (κ3) is 3.76. The Labute approximate surface area is 121 Å². The fourth-order valence-corrected chi connectivity index (χ4v) is 1.94. The molecule has 0 bridgehead atoms. The van der Waals surface area contributed by atoms with Crippen molar-refractivity contribution in [3.63, 3.8) is 0 Å². The van der Waals surface area contributed by atoms with E-state index in [0.29, 0.717) is 5.56 Å². The molecule has 0 spiro atoms. The molecular formula is C16H16F3NO. The Morgan fingerprint density at radius 1 is 1.14 bits per heavy atom. The largest absolute Gasteiger partial charge is 0.486 e. The molecule has 0 saturated carbocycles. The van der Waals surface area contributed by atoms with Crippen LogP contribution in [-0.2, 0) is 5.92 Å². The summed E-state index contributed by atoms with van der Waals surface area (Å²) in [5.74, 6) is -3.68. The fraction of sp³-hybridized carbons (Fsp3) is 0.250. The van der Waals surface area contributed by atoms with Crippen LogP contribution in [-0.4, -0.2) is 6.61 Å².